The Morgan fingerprint density at radius 3 is 2.39 bits per heavy atom. The van der Waals surface area contributed by atoms with Crippen molar-refractivity contribution in [2.45, 2.75) is 5.92 Å². The average Bonchev–Trinajstić information content (AvgIpc) is 2.73. The molecule has 0 saturated carbocycles. The normalized spacial score (nSPS) is 15.8. The quantitative estimate of drug-likeness (QED) is 0.673. The predicted octanol–water partition coefficient (Wildman–Crippen LogP) is 4.36. The van der Waals surface area contributed by atoms with Crippen molar-refractivity contribution < 1.29 is 9.84 Å². The molecule has 0 saturated heterocycles. The highest BCUT2D eigenvalue weighted by Crippen LogP contribution is 2.44. The number of nitrogens with zero attached hydrogens (tertiary/aromatic N) is 2. The van der Waals surface area contributed by atoms with Crippen molar-refractivity contribution in [3.05, 3.63) is 101 Å². The lowest BCUT2D eigenvalue weighted by molar-refractivity contribution is 0.388. The summed E-state index contributed by atoms with van der Waals surface area (Å²) in [4.78, 5) is 4.41. The number of aromatic hydroxyl groups is 1. The van der Waals surface area contributed by atoms with Gasteiger partial charge in [-0.25, -0.2) is 0 Å². The molecule has 0 aromatic heterocycles. The number of para-hydroxylation sites is 1. The van der Waals surface area contributed by atoms with E-state index in [2.05, 4.69) is 11.1 Å². The molecule has 1 aliphatic rings. The van der Waals surface area contributed by atoms with Gasteiger partial charge in [-0.15, -0.1) is 0 Å². The van der Waals surface area contributed by atoms with Crippen LogP contribution in [0.3, 0.4) is 0 Å². The van der Waals surface area contributed by atoms with Gasteiger partial charge in [-0.05, 0) is 23.8 Å². The molecule has 28 heavy (non-hydrogen) atoms. The maximum absolute atomic E-state index is 10.4. The molecule has 1 aliphatic heterocycles. The highest BCUT2D eigenvalue weighted by molar-refractivity contribution is 5.86. The largest absolute Gasteiger partial charge is 0.507 e. The summed E-state index contributed by atoms with van der Waals surface area (Å²) in [6.07, 6.45) is 1.60. The first-order valence-electron chi connectivity index (χ1n) is 8.76. The lowest BCUT2D eigenvalue weighted by Gasteiger charge is -2.27. The number of fused-ring (bicyclic) bond motifs is 1. The average molecular weight is 367 g/mol. The monoisotopic (exact) mass is 367 g/mol. The Morgan fingerprint density at radius 1 is 1.04 bits per heavy atom. The minimum atomic E-state index is -0.376. The van der Waals surface area contributed by atoms with Crippen LogP contribution in [0, 0.1) is 11.3 Å². The van der Waals surface area contributed by atoms with E-state index < -0.39 is 0 Å². The summed E-state index contributed by atoms with van der Waals surface area (Å²) < 4.78 is 5.62. The minimum absolute atomic E-state index is 0.0263. The second-order valence-electron chi connectivity index (χ2n) is 6.38. The molecule has 136 valence electrons. The van der Waals surface area contributed by atoms with Gasteiger partial charge in [-0.2, -0.15) is 5.26 Å². The van der Waals surface area contributed by atoms with Gasteiger partial charge in [0.1, 0.15) is 23.1 Å². The topological polar surface area (TPSA) is 91.6 Å². The van der Waals surface area contributed by atoms with Crippen molar-refractivity contribution >= 4 is 11.9 Å². The molecule has 5 nitrogen and oxygen atoms in total. The molecule has 0 amide bonds. The number of benzene rings is 3. The molecule has 4 rings (SSSR count). The Labute approximate surface area is 162 Å². The molecular weight excluding hydrogens is 350 g/mol. The van der Waals surface area contributed by atoms with Crippen molar-refractivity contribution in [1.29, 1.82) is 5.26 Å². The molecule has 1 heterocycles. The first-order chi connectivity index (χ1) is 13.7. The van der Waals surface area contributed by atoms with E-state index in [4.69, 9.17) is 10.5 Å². The van der Waals surface area contributed by atoms with Crippen LogP contribution in [0.25, 0.3) is 0 Å². The van der Waals surface area contributed by atoms with Crippen molar-refractivity contribution in [2.24, 2.45) is 10.7 Å². The first-order valence-corrected chi connectivity index (χ1v) is 8.76. The number of rotatable bonds is 3. The molecule has 0 unspecified atom stereocenters. The number of phenolic OH excluding ortho intramolecular Hbond substituents is 1. The van der Waals surface area contributed by atoms with Crippen LogP contribution in [0.5, 0.6) is 11.5 Å². The second kappa shape index (κ2) is 7.29. The maximum atomic E-state index is 10.4. The number of aliphatic imine (C=N–C) groups is 1. The predicted molar refractivity (Wildman–Crippen MR) is 108 cm³/mol. The highest BCUT2D eigenvalue weighted by atomic mass is 16.5. The number of hydrogen-bond acceptors (Lipinski definition) is 5. The molecule has 0 fully saturated rings. The third-order valence-corrected chi connectivity index (χ3v) is 4.61. The summed E-state index contributed by atoms with van der Waals surface area (Å²) in [5, 5.41) is 20.1. The van der Waals surface area contributed by atoms with E-state index in [1.807, 2.05) is 60.7 Å². The van der Waals surface area contributed by atoms with Gasteiger partial charge in [0.2, 0.25) is 5.88 Å². The van der Waals surface area contributed by atoms with Crippen LogP contribution in [0.4, 0.5) is 5.69 Å². The number of hydrogen-bond donors (Lipinski definition) is 2. The molecule has 3 aromatic rings. The zero-order chi connectivity index (χ0) is 19.5. The lowest BCUT2D eigenvalue weighted by Crippen LogP contribution is -2.21. The fourth-order valence-electron chi connectivity index (χ4n) is 3.26. The Morgan fingerprint density at radius 2 is 1.71 bits per heavy atom. The molecule has 5 heteroatoms. The van der Waals surface area contributed by atoms with Crippen LogP contribution in [-0.4, -0.2) is 11.3 Å². The van der Waals surface area contributed by atoms with Crippen LogP contribution in [0.2, 0.25) is 0 Å². The first kappa shape index (κ1) is 17.4. The van der Waals surface area contributed by atoms with Gasteiger partial charge >= 0.3 is 0 Å². The standard InChI is InChI=1S/C23H17N3O2/c24-13-19-22(15-7-3-1-4-8-15)18-11-16(14-26-17-9-5-2-6-10-17)20(27)12-21(18)28-23(19)25/h1-12,14,22,27H,25H2/t22-/m1/s1. The third-order valence-electron chi connectivity index (χ3n) is 4.61. The van der Waals surface area contributed by atoms with Gasteiger partial charge in [-0.3, -0.25) is 4.99 Å². The van der Waals surface area contributed by atoms with E-state index in [9.17, 15) is 10.4 Å². The van der Waals surface area contributed by atoms with Crippen LogP contribution in [-0.2, 0) is 0 Å². The summed E-state index contributed by atoms with van der Waals surface area (Å²) in [7, 11) is 0. The molecule has 0 spiro atoms. The van der Waals surface area contributed by atoms with E-state index in [-0.39, 0.29) is 17.6 Å². The smallest absolute Gasteiger partial charge is 0.205 e. The van der Waals surface area contributed by atoms with E-state index >= 15 is 0 Å². The summed E-state index contributed by atoms with van der Waals surface area (Å²) >= 11 is 0. The maximum Gasteiger partial charge on any atom is 0.205 e. The summed E-state index contributed by atoms with van der Waals surface area (Å²) in [6.45, 7) is 0. The van der Waals surface area contributed by atoms with Crippen LogP contribution in [0.1, 0.15) is 22.6 Å². The van der Waals surface area contributed by atoms with Crippen molar-refractivity contribution in [3.8, 4) is 17.6 Å². The number of nitriles is 1. The fourth-order valence-corrected chi connectivity index (χ4v) is 3.26. The van der Waals surface area contributed by atoms with E-state index in [0.29, 0.717) is 16.9 Å². The minimum Gasteiger partial charge on any atom is -0.507 e. The lowest BCUT2D eigenvalue weighted by atomic mass is 9.83. The molecule has 3 N–H and O–H groups in total. The molecule has 3 aromatic carbocycles. The summed E-state index contributed by atoms with van der Waals surface area (Å²) in [5.41, 5.74) is 9.31. The molecule has 1 atom stereocenters. The summed E-state index contributed by atoms with van der Waals surface area (Å²) in [5.74, 6) is 0.131. The number of phenols is 1. The van der Waals surface area contributed by atoms with Gasteiger partial charge in [0.15, 0.2) is 0 Å². The van der Waals surface area contributed by atoms with Gasteiger partial charge in [0.05, 0.1) is 11.6 Å². The van der Waals surface area contributed by atoms with Crippen molar-refractivity contribution in [1.82, 2.24) is 0 Å². The van der Waals surface area contributed by atoms with Gasteiger partial charge in [-0.1, -0.05) is 48.5 Å². The van der Waals surface area contributed by atoms with Crippen LogP contribution < -0.4 is 10.5 Å². The Balaban J connectivity index is 1.83. The number of ether oxygens (including phenoxy) is 1. The fraction of sp³-hybridized carbons (Fsp3) is 0.0435. The van der Waals surface area contributed by atoms with E-state index in [1.165, 1.54) is 6.07 Å². The Bertz CT molecular complexity index is 1110. The van der Waals surface area contributed by atoms with Crippen molar-refractivity contribution in [3.63, 3.8) is 0 Å². The zero-order valence-electron chi connectivity index (χ0n) is 14.9. The van der Waals surface area contributed by atoms with Crippen LogP contribution in [0.15, 0.2) is 89.2 Å². The Hall–Kier alpha value is -4.04. The van der Waals surface area contributed by atoms with Crippen molar-refractivity contribution in [2.75, 3.05) is 0 Å². The van der Waals surface area contributed by atoms with Gasteiger partial charge < -0.3 is 15.6 Å². The van der Waals surface area contributed by atoms with E-state index in [0.717, 1.165) is 16.8 Å². The molecule has 0 radical (unpaired) electrons. The van der Waals surface area contributed by atoms with Crippen LogP contribution >= 0.6 is 0 Å². The highest BCUT2D eigenvalue weighted by Gasteiger charge is 2.31. The van der Waals surface area contributed by atoms with E-state index in [1.54, 1.807) is 12.3 Å². The zero-order valence-corrected chi connectivity index (χ0v) is 14.9. The molecular formula is C23H17N3O2. The number of nitrogens with two attached hydrogens (primary N) is 1. The molecule has 0 aliphatic carbocycles. The number of allylic oxidation sites excluding steroid dienone is 1. The third kappa shape index (κ3) is 3.19. The SMILES string of the molecule is N#CC1=C(N)Oc2cc(O)c(C=Nc3ccccc3)cc2[C@H]1c1ccccc1. The van der Waals surface area contributed by atoms with Gasteiger partial charge in [0, 0.05) is 23.4 Å². The van der Waals surface area contributed by atoms with Gasteiger partial charge in [0.25, 0.3) is 0 Å². The second-order valence-corrected chi connectivity index (χ2v) is 6.38. The Kier molecular flexibility index (Phi) is 4.53. The summed E-state index contributed by atoms with van der Waals surface area (Å²) in [6, 6.07) is 24.5. The molecule has 0 bridgehead atoms.